The summed E-state index contributed by atoms with van der Waals surface area (Å²) in [5.41, 5.74) is 1.35. The second kappa shape index (κ2) is 4.50. The van der Waals surface area contributed by atoms with Gasteiger partial charge in [0, 0.05) is 0 Å². The summed E-state index contributed by atoms with van der Waals surface area (Å²) in [6.45, 7) is 0. The molecule has 0 radical (unpaired) electrons. The van der Waals surface area contributed by atoms with Crippen LogP contribution in [0.2, 0.25) is 0 Å². The minimum Gasteiger partial charge on any atom is -0.508 e. The van der Waals surface area contributed by atoms with Gasteiger partial charge in [0.05, 0.1) is 0 Å². The fourth-order valence-corrected chi connectivity index (χ4v) is 1.83. The lowest BCUT2D eigenvalue weighted by Crippen LogP contribution is -1.86. The molecule has 1 aliphatic rings. The summed E-state index contributed by atoms with van der Waals surface area (Å²) in [5, 5.41) is 9.11. The summed E-state index contributed by atoms with van der Waals surface area (Å²) in [4.78, 5) is 0. The van der Waals surface area contributed by atoms with Gasteiger partial charge < -0.3 is 5.11 Å². The van der Waals surface area contributed by atoms with Crippen LogP contribution in [0.4, 0.5) is 0 Å². The molecule has 0 bridgehead atoms. The smallest absolute Gasteiger partial charge is 0.115 e. The molecule has 1 aliphatic carbocycles. The molecule has 1 aromatic carbocycles. The van der Waals surface area contributed by atoms with E-state index in [4.69, 9.17) is 5.11 Å². The van der Waals surface area contributed by atoms with Gasteiger partial charge in [0.1, 0.15) is 5.75 Å². The second-order valence-electron chi connectivity index (χ2n) is 4.36. The summed E-state index contributed by atoms with van der Waals surface area (Å²) < 4.78 is 0. The third kappa shape index (κ3) is 3.06. The van der Waals surface area contributed by atoms with Gasteiger partial charge in [0.2, 0.25) is 0 Å². The van der Waals surface area contributed by atoms with Crippen LogP contribution in [0.1, 0.15) is 37.7 Å². The Morgan fingerprint density at radius 3 is 2.43 bits per heavy atom. The molecule has 1 fully saturated rings. The summed E-state index contributed by atoms with van der Waals surface area (Å²) >= 11 is 0. The van der Waals surface area contributed by atoms with E-state index in [-0.39, 0.29) is 0 Å². The lowest BCUT2D eigenvalue weighted by Gasteiger charge is -2.01. The van der Waals surface area contributed by atoms with Gasteiger partial charge in [-0.25, -0.2) is 0 Å². The SMILES string of the molecule is Oc1ccc(CCCCC2CC2)cc1. The second-order valence-corrected chi connectivity index (χ2v) is 4.36. The van der Waals surface area contributed by atoms with Gasteiger partial charge in [-0.2, -0.15) is 0 Å². The van der Waals surface area contributed by atoms with Crippen LogP contribution < -0.4 is 0 Å². The first-order chi connectivity index (χ1) is 6.84. The molecule has 0 unspecified atom stereocenters. The van der Waals surface area contributed by atoms with Crippen LogP contribution in [-0.2, 0) is 6.42 Å². The Labute approximate surface area is 85.8 Å². The van der Waals surface area contributed by atoms with E-state index in [1.54, 1.807) is 12.1 Å². The lowest BCUT2D eigenvalue weighted by atomic mass is 10.1. The standard InChI is InChI=1S/C13H18O/c14-13-9-7-12(8-10-13)4-2-1-3-11-5-6-11/h7-11,14H,1-6H2. The third-order valence-electron chi connectivity index (χ3n) is 2.96. The van der Waals surface area contributed by atoms with Crippen molar-refractivity contribution in [2.75, 3.05) is 0 Å². The number of benzene rings is 1. The van der Waals surface area contributed by atoms with Crippen LogP contribution in [0.5, 0.6) is 5.75 Å². The highest BCUT2D eigenvalue weighted by molar-refractivity contribution is 5.25. The summed E-state index contributed by atoms with van der Waals surface area (Å²) in [6, 6.07) is 7.59. The van der Waals surface area contributed by atoms with Crippen LogP contribution in [0.15, 0.2) is 24.3 Å². The van der Waals surface area contributed by atoms with E-state index in [0.717, 1.165) is 12.3 Å². The first kappa shape index (κ1) is 9.57. The zero-order valence-electron chi connectivity index (χ0n) is 8.58. The predicted molar refractivity (Wildman–Crippen MR) is 58.4 cm³/mol. The Hall–Kier alpha value is -0.980. The monoisotopic (exact) mass is 190 g/mol. The van der Waals surface area contributed by atoms with E-state index >= 15 is 0 Å². The van der Waals surface area contributed by atoms with Crippen LogP contribution >= 0.6 is 0 Å². The van der Waals surface area contributed by atoms with Gasteiger partial charge in [-0.3, -0.25) is 0 Å². The number of aryl methyl sites for hydroxylation is 1. The molecular formula is C13H18O. The highest BCUT2D eigenvalue weighted by Crippen LogP contribution is 2.34. The molecule has 1 N–H and O–H groups in total. The van der Waals surface area contributed by atoms with E-state index < -0.39 is 0 Å². The summed E-state index contributed by atoms with van der Waals surface area (Å²) in [5.74, 6) is 1.43. The Morgan fingerprint density at radius 1 is 1.07 bits per heavy atom. The molecule has 1 nitrogen and oxygen atoms in total. The van der Waals surface area contributed by atoms with Gasteiger partial charge in [0.15, 0.2) is 0 Å². The quantitative estimate of drug-likeness (QED) is 0.704. The predicted octanol–water partition coefficient (Wildman–Crippen LogP) is 3.52. The van der Waals surface area contributed by atoms with Gasteiger partial charge in [-0.15, -0.1) is 0 Å². The molecule has 0 aromatic heterocycles. The van der Waals surface area contributed by atoms with Crippen LogP contribution in [-0.4, -0.2) is 5.11 Å². The number of phenolic OH excluding ortho intramolecular Hbond substituents is 1. The molecule has 0 amide bonds. The van der Waals surface area contributed by atoms with Crippen molar-refractivity contribution in [2.24, 2.45) is 5.92 Å². The van der Waals surface area contributed by atoms with Crippen molar-refractivity contribution >= 4 is 0 Å². The molecule has 1 saturated carbocycles. The molecule has 0 saturated heterocycles. The first-order valence-corrected chi connectivity index (χ1v) is 5.62. The van der Waals surface area contributed by atoms with Gasteiger partial charge in [-0.1, -0.05) is 37.8 Å². The number of rotatable bonds is 5. The first-order valence-electron chi connectivity index (χ1n) is 5.62. The highest BCUT2D eigenvalue weighted by atomic mass is 16.3. The van der Waals surface area contributed by atoms with Gasteiger partial charge >= 0.3 is 0 Å². The molecule has 1 heteroatoms. The van der Waals surface area contributed by atoms with Gasteiger partial charge in [-0.05, 0) is 36.5 Å². The summed E-state index contributed by atoms with van der Waals surface area (Å²) in [7, 11) is 0. The fourth-order valence-electron chi connectivity index (χ4n) is 1.83. The van der Waals surface area contributed by atoms with E-state index in [1.807, 2.05) is 12.1 Å². The molecule has 14 heavy (non-hydrogen) atoms. The Morgan fingerprint density at radius 2 is 1.79 bits per heavy atom. The Bertz CT molecular complexity index is 272. The summed E-state index contributed by atoms with van der Waals surface area (Å²) in [6.07, 6.45) is 8.19. The van der Waals surface area contributed by atoms with E-state index in [2.05, 4.69) is 0 Å². The third-order valence-corrected chi connectivity index (χ3v) is 2.96. The van der Waals surface area contributed by atoms with Crippen molar-refractivity contribution in [1.82, 2.24) is 0 Å². The van der Waals surface area contributed by atoms with Crippen molar-refractivity contribution in [2.45, 2.75) is 38.5 Å². The topological polar surface area (TPSA) is 20.2 Å². The number of unbranched alkanes of at least 4 members (excludes halogenated alkanes) is 1. The largest absolute Gasteiger partial charge is 0.508 e. The normalized spacial score (nSPS) is 15.7. The van der Waals surface area contributed by atoms with Gasteiger partial charge in [0.25, 0.3) is 0 Å². The molecule has 2 rings (SSSR count). The van der Waals surface area contributed by atoms with E-state index in [9.17, 15) is 0 Å². The van der Waals surface area contributed by atoms with Crippen molar-refractivity contribution < 1.29 is 5.11 Å². The molecular weight excluding hydrogens is 172 g/mol. The van der Waals surface area contributed by atoms with E-state index in [0.29, 0.717) is 5.75 Å². The van der Waals surface area contributed by atoms with Crippen molar-refractivity contribution in [3.8, 4) is 5.75 Å². The number of hydrogen-bond acceptors (Lipinski definition) is 1. The number of phenols is 1. The van der Waals surface area contributed by atoms with Crippen molar-refractivity contribution in [1.29, 1.82) is 0 Å². The minimum atomic E-state index is 0.367. The maximum absolute atomic E-state index is 9.11. The van der Waals surface area contributed by atoms with E-state index in [1.165, 1.54) is 37.7 Å². The molecule has 0 atom stereocenters. The van der Waals surface area contributed by atoms with Crippen molar-refractivity contribution in [3.63, 3.8) is 0 Å². The van der Waals surface area contributed by atoms with Crippen LogP contribution in [0.3, 0.4) is 0 Å². The Kier molecular flexibility index (Phi) is 3.07. The molecule has 76 valence electrons. The maximum atomic E-state index is 9.11. The molecule has 0 spiro atoms. The van der Waals surface area contributed by atoms with Crippen LogP contribution in [0, 0.1) is 5.92 Å². The zero-order valence-corrected chi connectivity index (χ0v) is 8.58. The van der Waals surface area contributed by atoms with Crippen molar-refractivity contribution in [3.05, 3.63) is 29.8 Å². The average Bonchev–Trinajstić information content (AvgIpc) is 2.99. The molecule has 0 aliphatic heterocycles. The maximum Gasteiger partial charge on any atom is 0.115 e. The number of hydrogen-bond donors (Lipinski definition) is 1. The lowest BCUT2D eigenvalue weighted by molar-refractivity contribution is 0.475. The average molecular weight is 190 g/mol. The minimum absolute atomic E-state index is 0.367. The highest BCUT2D eigenvalue weighted by Gasteiger charge is 2.19. The zero-order chi connectivity index (χ0) is 9.80. The fraction of sp³-hybridized carbons (Fsp3) is 0.538. The molecule has 1 aromatic rings. The molecule has 0 heterocycles. The van der Waals surface area contributed by atoms with Crippen LogP contribution in [0.25, 0.3) is 0 Å². The Balaban J connectivity index is 1.66. The number of aromatic hydroxyl groups is 1.